The molecule has 0 N–H and O–H groups in total. The lowest BCUT2D eigenvalue weighted by molar-refractivity contribution is -0.117. The van der Waals surface area contributed by atoms with Gasteiger partial charge in [0.1, 0.15) is 11.6 Å². The monoisotopic (exact) mass is 483 g/mol. The molecule has 2 aliphatic rings. The number of hydrogen-bond donors (Lipinski definition) is 0. The first-order valence-electron chi connectivity index (χ1n) is 10.7. The van der Waals surface area contributed by atoms with Gasteiger partial charge in [-0.3, -0.25) is 9.59 Å². The molecular formula is C23H22FN5O4S. The number of piperazine rings is 1. The summed E-state index contributed by atoms with van der Waals surface area (Å²) in [4.78, 5) is 27.8. The number of likely N-dealkylation sites (N-methyl/N-ethyl adjacent to an activating group) is 1. The number of rotatable bonds is 4. The van der Waals surface area contributed by atoms with Crippen LogP contribution < -0.4 is 15.4 Å². The fourth-order valence-corrected chi connectivity index (χ4v) is 5.72. The van der Waals surface area contributed by atoms with Gasteiger partial charge >= 0.3 is 0 Å². The molecule has 5 rings (SSSR count). The lowest BCUT2D eigenvalue weighted by atomic mass is 10.2. The van der Waals surface area contributed by atoms with Crippen LogP contribution in [0, 0.1) is 5.82 Å². The van der Waals surface area contributed by atoms with E-state index < -0.39 is 15.8 Å². The van der Waals surface area contributed by atoms with E-state index in [1.54, 1.807) is 25.2 Å². The fourth-order valence-electron chi connectivity index (χ4n) is 4.25. The first-order valence-corrected chi connectivity index (χ1v) is 12.2. The molecule has 0 unspecified atom stereocenters. The zero-order valence-corrected chi connectivity index (χ0v) is 19.2. The second kappa shape index (κ2) is 8.33. The van der Waals surface area contributed by atoms with Crippen LogP contribution in [0.3, 0.4) is 0 Å². The van der Waals surface area contributed by atoms with Gasteiger partial charge in [-0.15, -0.1) is 5.10 Å². The number of amides is 1. The van der Waals surface area contributed by atoms with Crippen LogP contribution >= 0.6 is 0 Å². The molecule has 0 saturated carbocycles. The zero-order chi connectivity index (χ0) is 24.0. The van der Waals surface area contributed by atoms with Crippen LogP contribution in [-0.2, 0) is 21.2 Å². The van der Waals surface area contributed by atoms with E-state index in [0.29, 0.717) is 30.2 Å². The Morgan fingerprint density at radius 2 is 1.62 bits per heavy atom. The summed E-state index contributed by atoms with van der Waals surface area (Å²) in [6, 6.07) is 13.2. The highest BCUT2D eigenvalue weighted by Crippen LogP contribution is 2.31. The van der Waals surface area contributed by atoms with Crippen molar-refractivity contribution >= 4 is 27.4 Å². The van der Waals surface area contributed by atoms with Crippen LogP contribution in [0.25, 0.3) is 5.69 Å². The molecule has 176 valence electrons. The number of hydrogen-bond acceptors (Lipinski definition) is 6. The van der Waals surface area contributed by atoms with E-state index >= 15 is 0 Å². The number of benzene rings is 2. The number of anilines is 2. The molecule has 0 bridgehead atoms. The molecule has 2 aliphatic heterocycles. The molecule has 0 spiro atoms. The number of carbonyl (C=O) groups is 1. The number of aromatic nitrogens is 2. The molecule has 9 nitrogen and oxygen atoms in total. The van der Waals surface area contributed by atoms with Crippen molar-refractivity contribution in [1.29, 1.82) is 0 Å². The molecule has 1 amide bonds. The lowest BCUT2D eigenvalue weighted by Gasteiger charge is -2.34. The molecule has 0 atom stereocenters. The SMILES string of the molecule is CN1C(=O)Cc2cc(S(=O)(=O)N3CCN(c4ccc(=O)n(-c5ccc(F)cc5)n4)CC3)ccc21. The zero-order valence-electron chi connectivity index (χ0n) is 18.4. The molecular weight excluding hydrogens is 461 g/mol. The highest BCUT2D eigenvalue weighted by atomic mass is 32.2. The van der Waals surface area contributed by atoms with Crippen molar-refractivity contribution in [3.8, 4) is 5.69 Å². The molecule has 0 radical (unpaired) electrons. The van der Waals surface area contributed by atoms with E-state index in [-0.39, 0.29) is 35.9 Å². The first kappa shape index (κ1) is 22.2. The summed E-state index contributed by atoms with van der Waals surface area (Å²) in [7, 11) is -2.05. The van der Waals surface area contributed by atoms with Gasteiger partial charge in [0, 0.05) is 45.0 Å². The number of sulfonamides is 1. The average molecular weight is 484 g/mol. The van der Waals surface area contributed by atoms with Crippen molar-refractivity contribution in [3.63, 3.8) is 0 Å². The van der Waals surface area contributed by atoms with E-state index in [1.807, 2.05) is 4.90 Å². The Bertz CT molecular complexity index is 1430. The number of carbonyl (C=O) groups excluding carboxylic acids is 1. The van der Waals surface area contributed by atoms with Crippen LogP contribution in [0.1, 0.15) is 5.56 Å². The maximum absolute atomic E-state index is 13.2. The quantitative estimate of drug-likeness (QED) is 0.557. The fraction of sp³-hybridized carbons (Fsp3) is 0.261. The van der Waals surface area contributed by atoms with Crippen LogP contribution in [0.4, 0.5) is 15.9 Å². The second-order valence-electron chi connectivity index (χ2n) is 8.23. The molecule has 34 heavy (non-hydrogen) atoms. The Morgan fingerprint density at radius 3 is 2.32 bits per heavy atom. The van der Waals surface area contributed by atoms with E-state index in [1.165, 1.54) is 50.3 Å². The van der Waals surface area contributed by atoms with Gasteiger partial charge in [0.15, 0.2) is 0 Å². The smallest absolute Gasteiger partial charge is 0.271 e. The van der Waals surface area contributed by atoms with Crippen molar-refractivity contribution in [2.75, 3.05) is 43.0 Å². The van der Waals surface area contributed by atoms with E-state index in [4.69, 9.17) is 0 Å². The van der Waals surface area contributed by atoms with Crippen LogP contribution in [0.2, 0.25) is 0 Å². The molecule has 11 heteroatoms. The Labute approximate surface area is 195 Å². The molecule has 1 saturated heterocycles. The molecule has 2 aromatic carbocycles. The predicted octanol–water partition coefficient (Wildman–Crippen LogP) is 1.40. The van der Waals surface area contributed by atoms with Gasteiger partial charge < -0.3 is 9.80 Å². The van der Waals surface area contributed by atoms with Crippen molar-refractivity contribution in [1.82, 2.24) is 14.1 Å². The van der Waals surface area contributed by atoms with Gasteiger partial charge in [0.25, 0.3) is 5.56 Å². The Balaban J connectivity index is 1.33. The van der Waals surface area contributed by atoms with Crippen LogP contribution in [-0.4, -0.2) is 61.6 Å². The minimum absolute atomic E-state index is 0.0624. The highest BCUT2D eigenvalue weighted by molar-refractivity contribution is 7.89. The Kier molecular flexibility index (Phi) is 5.45. The predicted molar refractivity (Wildman–Crippen MR) is 124 cm³/mol. The first-order chi connectivity index (χ1) is 16.2. The third kappa shape index (κ3) is 3.86. The Hall–Kier alpha value is -3.57. The normalized spacial score (nSPS) is 16.7. The van der Waals surface area contributed by atoms with Gasteiger partial charge in [-0.2, -0.15) is 8.99 Å². The third-order valence-electron chi connectivity index (χ3n) is 6.19. The topological polar surface area (TPSA) is 95.8 Å². The lowest BCUT2D eigenvalue weighted by Crippen LogP contribution is -2.49. The minimum atomic E-state index is -3.72. The Morgan fingerprint density at radius 1 is 0.912 bits per heavy atom. The minimum Gasteiger partial charge on any atom is -0.353 e. The number of nitrogens with zero attached hydrogens (tertiary/aromatic N) is 5. The maximum atomic E-state index is 13.2. The largest absolute Gasteiger partial charge is 0.353 e. The van der Waals surface area contributed by atoms with Gasteiger partial charge in [-0.1, -0.05) is 0 Å². The van der Waals surface area contributed by atoms with Crippen molar-refractivity contribution in [3.05, 3.63) is 76.3 Å². The average Bonchev–Trinajstić information content (AvgIpc) is 3.13. The van der Waals surface area contributed by atoms with Crippen LogP contribution in [0.15, 0.2) is 64.3 Å². The summed E-state index contributed by atoms with van der Waals surface area (Å²) in [5.41, 5.74) is 1.53. The standard InChI is InChI=1S/C23H22FN5O4S/c1-26-20-7-6-19(14-16(20)15-23(26)31)34(32,33)28-12-10-27(11-13-28)21-8-9-22(30)29(25-21)18-4-2-17(24)3-5-18/h2-9,14H,10-13,15H2,1H3. The molecule has 3 heterocycles. The third-order valence-corrected chi connectivity index (χ3v) is 8.08. The summed E-state index contributed by atoms with van der Waals surface area (Å²) < 4.78 is 42.3. The molecule has 0 aliphatic carbocycles. The summed E-state index contributed by atoms with van der Waals surface area (Å²) in [5.74, 6) is 0.0555. The van der Waals surface area contributed by atoms with Crippen molar-refractivity contribution < 1.29 is 17.6 Å². The number of halogens is 1. The van der Waals surface area contributed by atoms with Gasteiger partial charge in [-0.05, 0) is 54.1 Å². The summed E-state index contributed by atoms with van der Waals surface area (Å²) in [5, 5.41) is 4.40. The molecule has 3 aromatic rings. The number of fused-ring (bicyclic) bond motifs is 1. The van der Waals surface area contributed by atoms with Crippen LogP contribution in [0.5, 0.6) is 0 Å². The van der Waals surface area contributed by atoms with Gasteiger partial charge in [0.05, 0.1) is 17.0 Å². The summed E-state index contributed by atoms with van der Waals surface area (Å²) in [6.07, 6.45) is 0.193. The maximum Gasteiger partial charge on any atom is 0.271 e. The molecule has 1 aromatic heterocycles. The summed E-state index contributed by atoms with van der Waals surface area (Å²) >= 11 is 0. The van der Waals surface area contributed by atoms with Gasteiger partial charge in [0.2, 0.25) is 15.9 Å². The van der Waals surface area contributed by atoms with Crippen molar-refractivity contribution in [2.24, 2.45) is 0 Å². The second-order valence-corrected chi connectivity index (χ2v) is 10.2. The van der Waals surface area contributed by atoms with E-state index in [2.05, 4.69) is 5.10 Å². The van der Waals surface area contributed by atoms with Crippen molar-refractivity contribution in [2.45, 2.75) is 11.3 Å². The summed E-state index contributed by atoms with van der Waals surface area (Å²) in [6.45, 7) is 1.27. The highest BCUT2D eigenvalue weighted by Gasteiger charge is 2.31. The van der Waals surface area contributed by atoms with E-state index in [9.17, 15) is 22.4 Å². The molecule has 1 fully saturated rings. The van der Waals surface area contributed by atoms with E-state index in [0.717, 1.165) is 5.69 Å². The van der Waals surface area contributed by atoms with Gasteiger partial charge in [-0.25, -0.2) is 12.8 Å².